The highest BCUT2D eigenvalue weighted by Gasteiger charge is 2.45. The van der Waals surface area contributed by atoms with Gasteiger partial charge in [-0.3, -0.25) is 29.6 Å². The van der Waals surface area contributed by atoms with Gasteiger partial charge in [-0.25, -0.2) is 9.91 Å². The lowest BCUT2D eigenvalue weighted by Gasteiger charge is -2.28. The molecule has 1 unspecified atom stereocenters. The number of hydrazine groups is 1. The molecule has 3 heterocycles. The van der Waals surface area contributed by atoms with Crippen LogP contribution in [0, 0.1) is 6.92 Å². The summed E-state index contributed by atoms with van der Waals surface area (Å²) in [7, 11) is 0. The number of hydrogen-bond acceptors (Lipinski definition) is 6. The highest BCUT2D eigenvalue weighted by molar-refractivity contribution is 7.10. The largest absolute Gasteiger partial charge is 0.274 e. The van der Waals surface area contributed by atoms with Gasteiger partial charge in [-0.15, -0.1) is 11.3 Å². The molecule has 0 bridgehead atoms. The summed E-state index contributed by atoms with van der Waals surface area (Å²) >= 11 is 7.46. The SMILES string of the molecule is Cc1cc(N2C(=O)CC(N(NC(=O)c3ccncc3)C(=O)Cc3cccs3)C2=O)ccc1Cl. The minimum absolute atomic E-state index is 0.0215. The number of nitrogens with zero attached hydrogens (tertiary/aromatic N) is 3. The number of nitrogens with one attached hydrogen (secondary N) is 1. The molecule has 1 aliphatic heterocycles. The number of thiophene rings is 1. The molecule has 8 nitrogen and oxygen atoms in total. The van der Waals surface area contributed by atoms with Gasteiger partial charge in [0.1, 0.15) is 6.04 Å². The van der Waals surface area contributed by atoms with E-state index in [0.717, 1.165) is 14.8 Å². The zero-order valence-corrected chi connectivity index (χ0v) is 19.1. The molecule has 0 radical (unpaired) electrons. The van der Waals surface area contributed by atoms with Crippen LogP contribution in [-0.2, 0) is 20.8 Å². The fourth-order valence-electron chi connectivity index (χ4n) is 3.50. The van der Waals surface area contributed by atoms with Crippen LogP contribution in [-0.4, -0.2) is 39.7 Å². The molecule has 0 spiro atoms. The fourth-order valence-corrected chi connectivity index (χ4v) is 4.31. The Hall–Kier alpha value is -3.56. The van der Waals surface area contributed by atoms with E-state index in [2.05, 4.69) is 10.4 Å². The Balaban J connectivity index is 1.63. The fraction of sp³-hybridized carbons (Fsp3) is 0.174. The number of hydrogen-bond donors (Lipinski definition) is 1. The maximum absolute atomic E-state index is 13.3. The number of anilines is 1. The average Bonchev–Trinajstić information content (AvgIpc) is 3.41. The molecule has 2 aromatic heterocycles. The Morgan fingerprint density at radius 1 is 1.21 bits per heavy atom. The smallest absolute Gasteiger partial charge is 0.270 e. The van der Waals surface area contributed by atoms with Crippen molar-refractivity contribution in [3.8, 4) is 0 Å². The number of carbonyl (C=O) groups is 4. The number of aryl methyl sites for hydroxylation is 1. The normalized spacial score (nSPS) is 15.6. The molecular formula is C23H19ClN4O4S. The third kappa shape index (κ3) is 4.79. The van der Waals surface area contributed by atoms with Gasteiger partial charge < -0.3 is 0 Å². The van der Waals surface area contributed by atoms with Crippen LogP contribution >= 0.6 is 22.9 Å². The van der Waals surface area contributed by atoms with Crippen molar-refractivity contribution >= 4 is 52.3 Å². The van der Waals surface area contributed by atoms with Crippen LogP contribution in [0.5, 0.6) is 0 Å². The quantitative estimate of drug-likeness (QED) is 0.445. The van der Waals surface area contributed by atoms with Crippen molar-refractivity contribution in [1.29, 1.82) is 0 Å². The molecule has 4 rings (SSSR count). The molecule has 3 aromatic rings. The van der Waals surface area contributed by atoms with E-state index in [1.807, 2.05) is 11.4 Å². The first-order valence-corrected chi connectivity index (χ1v) is 11.3. The molecule has 33 heavy (non-hydrogen) atoms. The Morgan fingerprint density at radius 3 is 2.64 bits per heavy atom. The predicted octanol–water partition coefficient (Wildman–Crippen LogP) is 3.15. The Labute approximate surface area is 198 Å². The van der Waals surface area contributed by atoms with Crippen molar-refractivity contribution in [2.75, 3.05) is 4.90 Å². The summed E-state index contributed by atoms with van der Waals surface area (Å²) in [6, 6.07) is 10.2. The van der Waals surface area contributed by atoms with E-state index in [-0.39, 0.29) is 18.4 Å². The molecule has 1 aromatic carbocycles. The molecule has 4 amide bonds. The number of halogens is 1. The van der Waals surface area contributed by atoms with Gasteiger partial charge in [-0.05, 0) is 54.3 Å². The first-order chi connectivity index (χ1) is 15.8. The van der Waals surface area contributed by atoms with Crippen molar-refractivity contribution < 1.29 is 19.2 Å². The summed E-state index contributed by atoms with van der Waals surface area (Å²) in [4.78, 5) is 57.7. The van der Waals surface area contributed by atoms with Gasteiger partial charge in [-0.2, -0.15) is 0 Å². The van der Waals surface area contributed by atoms with E-state index < -0.39 is 29.7 Å². The molecule has 1 fully saturated rings. The first kappa shape index (κ1) is 22.6. The summed E-state index contributed by atoms with van der Waals surface area (Å²) in [6.45, 7) is 1.76. The van der Waals surface area contributed by atoms with E-state index in [4.69, 9.17) is 11.6 Å². The molecule has 1 N–H and O–H groups in total. The van der Waals surface area contributed by atoms with Crippen molar-refractivity contribution in [1.82, 2.24) is 15.4 Å². The average molecular weight is 483 g/mol. The Kier molecular flexibility index (Phi) is 6.52. The molecule has 168 valence electrons. The van der Waals surface area contributed by atoms with Crippen LogP contribution in [0.15, 0.2) is 60.2 Å². The standard InChI is InChI=1S/C23H19ClN4O4S/c1-14-11-16(4-5-18(14)24)27-20(29)13-19(23(27)32)28(21(30)12-17-3-2-10-33-17)26-22(31)15-6-8-25-9-7-15/h2-11,19H,12-13H2,1H3,(H,26,31). The van der Waals surface area contributed by atoms with Crippen LogP contribution in [0.1, 0.15) is 27.2 Å². The summed E-state index contributed by atoms with van der Waals surface area (Å²) in [5.41, 5.74) is 3.86. The second kappa shape index (κ2) is 9.51. The van der Waals surface area contributed by atoms with Gasteiger partial charge >= 0.3 is 0 Å². The van der Waals surface area contributed by atoms with Crippen molar-refractivity contribution in [3.05, 3.63) is 81.3 Å². The van der Waals surface area contributed by atoms with Gasteiger partial charge in [0.15, 0.2) is 0 Å². The van der Waals surface area contributed by atoms with E-state index >= 15 is 0 Å². The lowest BCUT2D eigenvalue weighted by Crippen LogP contribution is -2.55. The maximum atomic E-state index is 13.3. The number of carbonyl (C=O) groups excluding carboxylic acids is 4. The van der Waals surface area contributed by atoms with E-state index in [1.54, 1.807) is 31.2 Å². The van der Waals surface area contributed by atoms with E-state index in [9.17, 15) is 19.2 Å². The van der Waals surface area contributed by atoms with Crippen molar-refractivity contribution in [3.63, 3.8) is 0 Å². The topological polar surface area (TPSA) is 99.7 Å². The van der Waals surface area contributed by atoms with Crippen LogP contribution in [0.3, 0.4) is 0 Å². The maximum Gasteiger partial charge on any atom is 0.270 e. The molecule has 0 saturated carbocycles. The third-order valence-electron chi connectivity index (χ3n) is 5.17. The summed E-state index contributed by atoms with van der Waals surface area (Å²) in [5.74, 6) is -2.16. The molecule has 10 heteroatoms. The second-order valence-electron chi connectivity index (χ2n) is 7.42. The van der Waals surface area contributed by atoms with Crippen molar-refractivity contribution in [2.24, 2.45) is 0 Å². The number of imide groups is 1. The molecule has 1 saturated heterocycles. The Morgan fingerprint density at radius 2 is 1.97 bits per heavy atom. The predicted molar refractivity (Wildman–Crippen MR) is 124 cm³/mol. The van der Waals surface area contributed by atoms with Gasteiger partial charge in [0.25, 0.3) is 11.8 Å². The molecule has 0 aliphatic carbocycles. The lowest BCUT2D eigenvalue weighted by molar-refractivity contribution is -0.140. The van der Waals surface area contributed by atoms with E-state index in [1.165, 1.54) is 35.9 Å². The monoisotopic (exact) mass is 482 g/mol. The Bertz CT molecular complexity index is 1220. The third-order valence-corrected chi connectivity index (χ3v) is 6.47. The molecule has 1 aliphatic rings. The number of rotatable bonds is 5. The highest BCUT2D eigenvalue weighted by atomic mass is 35.5. The molecule has 1 atom stereocenters. The van der Waals surface area contributed by atoms with Gasteiger partial charge in [-0.1, -0.05) is 17.7 Å². The first-order valence-electron chi connectivity index (χ1n) is 10.0. The summed E-state index contributed by atoms with van der Waals surface area (Å²) in [6.07, 6.45) is 2.61. The minimum atomic E-state index is -1.17. The summed E-state index contributed by atoms with van der Waals surface area (Å²) < 4.78 is 0. The van der Waals surface area contributed by atoms with Gasteiger partial charge in [0.05, 0.1) is 18.5 Å². The van der Waals surface area contributed by atoms with Gasteiger partial charge in [0.2, 0.25) is 11.8 Å². The zero-order chi connectivity index (χ0) is 23.5. The lowest BCUT2D eigenvalue weighted by atomic mass is 10.2. The van der Waals surface area contributed by atoms with Gasteiger partial charge in [0, 0.05) is 27.9 Å². The van der Waals surface area contributed by atoms with Crippen LogP contribution in [0.4, 0.5) is 5.69 Å². The minimum Gasteiger partial charge on any atom is -0.274 e. The van der Waals surface area contributed by atoms with Crippen LogP contribution in [0.25, 0.3) is 0 Å². The zero-order valence-electron chi connectivity index (χ0n) is 17.5. The number of aromatic nitrogens is 1. The van der Waals surface area contributed by atoms with Crippen molar-refractivity contribution in [2.45, 2.75) is 25.8 Å². The summed E-state index contributed by atoms with van der Waals surface area (Å²) in [5, 5.41) is 3.31. The number of amides is 4. The highest BCUT2D eigenvalue weighted by Crippen LogP contribution is 2.29. The van der Waals surface area contributed by atoms with Crippen LogP contribution < -0.4 is 10.3 Å². The number of pyridine rings is 1. The van der Waals surface area contributed by atoms with E-state index in [0.29, 0.717) is 16.3 Å². The number of benzene rings is 1. The van der Waals surface area contributed by atoms with Crippen LogP contribution in [0.2, 0.25) is 5.02 Å². The second-order valence-corrected chi connectivity index (χ2v) is 8.86. The molecular weight excluding hydrogens is 464 g/mol.